The molecule has 0 aromatic heterocycles. The molecule has 1 N–H and O–H groups in total. The fraction of sp³-hybridized carbons (Fsp3) is 0.400. The van der Waals surface area contributed by atoms with Gasteiger partial charge in [0, 0.05) is 11.0 Å². The molecule has 17 heavy (non-hydrogen) atoms. The minimum atomic E-state index is -1.08. The predicted molar refractivity (Wildman–Crippen MR) is 57.7 cm³/mol. The van der Waals surface area contributed by atoms with Gasteiger partial charge in [0.05, 0.1) is 6.61 Å². The van der Waals surface area contributed by atoms with Gasteiger partial charge in [-0.1, -0.05) is 0 Å². The van der Waals surface area contributed by atoms with Crippen LogP contribution in [0, 0.1) is 0 Å². The number of β-lactam (4-membered cyclic amide) rings is 1. The van der Waals surface area contributed by atoms with Gasteiger partial charge in [-0.15, -0.1) is 11.8 Å². The van der Waals surface area contributed by atoms with Crippen molar-refractivity contribution in [2.75, 3.05) is 13.4 Å². The van der Waals surface area contributed by atoms with E-state index in [2.05, 4.69) is 0 Å². The summed E-state index contributed by atoms with van der Waals surface area (Å²) in [5, 5.41) is 10.2. The average Bonchev–Trinajstić information content (AvgIpc) is 2.93. The number of nitrogens with zero attached hydrogens (tertiary/aromatic N) is 1. The maximum Gasteiger partial charge on any atom is 0.353 e. The fourth-order valence-corrected chi connectivity index (χ4v) is 3.06. The Bertz CT molecular complexity index is 452. The highest BCUT2D eigenvalue weighted by molar-refractivity contribution is 8.03. The monoisotopic (exact) mass is 255 g/mol. The molecule has 2 saturated heterocycles. The third kappa shape index (κ3) is 1.58. The topological polar surface area (TPSA) is 76.1 Å². The summed E-state index contributed by atoms with van der Waals surface area (Å²) in [5.74, 6) is -1.34. The van der Waals surface area contributed by atoms with E-state index in [0.717, 1.165) is 0 Å². The van der Waals surface area contributed by atoms with Crippen LogP contribution < -0.4 is 0 Å². The molecule has 6 nitrogen and oxygen atoms in total. The number of amides is 1. The number of ether oxygens (including phenoxy) is 2. The molecule has 0 saturated carbocycles. The molecule has 0 radical (unpaired) electrons. The Morgan fingerprint density at radius 2 is 2.47 bits per heavy atom. The summed E-state index contributed by atoms with van der Waals surface area (Å²) in [6.07, 6.45) is 1.52. The molecule has 7 heteroatoms. The summed E-state index contributed by atoms with van der Waals surface area (Å²) in [6, 6.07) is 0. The van der Waals surface area contributed by atoms with E-state index in [0.29, 0.717) is 12.2 Å². The summed E-state index contributed by atoms with van der Waals surface area (Å²) in [7, 11) is 0. The Morgan fingerprint density at radius 3 is 3.12 bits per heavy atom. The van der Waals surface area contributed by atoms with Crippen molar-refractivity contribution < 1.29 is 24.2 Å². The standard InChI is InChI=1S/C10H9NO5S/c12-8-6(1-5-2-15-4-16-5)9-11(8)7(3-17-9)10(13)14/h1,3,5,9H,2,4H2,(H,13,14)/b6-1-/t5?,9-/m0/s1. The largest absolute Gasteiger partial charge is 0.477 e. The number of fused-ring (bicyclic) bond motifs is 1. The van der Waals surface area contributed by atoms with Crippen LogP contribution in [0.3, 0.4) is 0 Å². The average molecular weight is 255 g/mol. The summed E-state index contributed by atoms with van der Waals surface area (Å²) in [4.78, 5) is 23.9. The van der Waals surface area contributed by atoms with Crippen LogP contribution in [0.25, 0.3) is 0 Å². The van der Waals surface area contributed by atoms with Crippen molar-refractivity contribution in [3.8, 4) is 0 Å². The molecular formula is C10H9NO5S. The van der Waals surface area contributed by atoms with Crippen LogP contribution in [0.15, 0.2) is 22.8 Å². The van der Waals surface area contributed by atoms with Gasteiger partial charge in [-0.3, -0.25) is 9.69 Å². The number of thioether (sulfide) groups is 1. The third-order valence-electron chi connectivity index (χ3n) is 2.77. The maximum atomic E-state index is 11.8. The second-order valence-corrected chi connectivity index (χ2v) is 4.74. The van der Waals surface area contributed by atoms with Gasteiger partial charge in [0.2, 0.25) is 0 Å². The van der Waals surface area contributed by atoms with E-state index >= 15 is 0 Å². The molecule has 0 bridgehead atoms. The van der Waals surface area contributed by atoms with Crippen molar-refractivity contribution in [2.24, 2.45) is 0 Å². The van der Waals surface area contributed by atoms with Crippen molar-refractivity contribution in [2.45, 2.75) is 11.5 Å². The summed E-state index contributed by atoms with van der Waals surface area (Å²) >= 11 is 1.32. The molecule has 0 aromatic rings. The molecule has 2 fully saturated rings. The van der Waals surface area contributed by atoms with Gasteiger partial charge in [0.15, 0.2) is 0 Å². The van der Waals surface area contributed by atoms with E-state index in [1.54, 1.807) is 6.08 Å². The van der Waals surface area contributed by atoms with Crippen LogP contribution in [0.2, 0.25) is 0 Å². The van der Waals surface area contributed by atoms with Gasteiger partial charge >= 0.3 is 5.97 Å². The van der Waals surface area contributed by atoms with E-state index in [-0.39, 0.29) is 29.9 Å². The molecule has 1 amide bonds. The highest BCUT2D eigenvalue weighted by Gasteiger charge is 2.49. The number of aliphatic carboxylic acids is 1. The Balaban J connectivity index is 1.77. The molecule has 3 heterocycles. The summed E-state index contributed by atoms with van der Waals surface area (Å²) < 4.78 is 10.2. The first-order valence-electron chi connectivity index (χ1n) is 5.02. The van der Waals surface area contributed by atoms with Crippen molar-refractivity contribution in [3.05, 3.63) is 22.8 Å². The van der Waals surface area contributed by atoms with Gasteiger partial charge in [-0.25, -0.2) is 4.79 Å². The zero-order valence-electron chi connectivity index (χ0n) is 8.66. The molecule has 1 unspecified atom stereocenters. The van der Waals surface area contributed by atoms with Crippen LogP contribution in [0.5, 0.6) is 0 Å². The zero-order chi connectivity index (χ0) is 12.0. The minimum absolute atomic E-state index is 0.0470. The molecule has 3 aliphatic rings. The van der Waals surface area contributed by atoms with E-state index < -0.39 is 5.97 Å². The van der Waals surface area contributed by atoms with Crippen LogP contribution in [0.4, 0.5) is 0 Å². The molecule has 0 spiro atoms. The normalized spacial score (nSPS) is 33.6. The van der Waals surface area contributed by atoms with Gasteiger partial charge in [0.1, 0.15) is 24.0 Å². The van der Waals surface area contributed by atoms with Crippen molar-refractivity contribution in [1.82, 2.24) is 4.90 Å². The van der Waals surface area contributed by atoms with Crippen LogP contribution in [0.1, 0.15) is 0 Å². The SMILES string of the molecule is O=C(O)C1=CS[C@H]2/C(=C\C3COCO3)C(=O)N12. The molecule has 0 aliphatic carbocycles. The van der Waals surface area contributed by atoms with Gasteiger partial charge in [-0.2, -0.15) is 0 Å². The Labute approximate surface area is 101 Å². The molecule has 2 atom stereocenters. The van der Waals surface area contributed by atoms with Crippen LogP contribution in [-0.2, 0) is 19.1 Å². The summed E-state index contributed by atoms with van der Waals surface area (Å²) in [6.45, 7) is 0.677. The molecule has 3 aliphatic heterocycles. The highest BCUT2D eigenvalue weighted by atomic mass is 32.2. The Morgan fingerprint density at radius 1 is 1.65 bits per heavy atom. The maximum absolute atomic E-state index is 11.8. The quantitative estimate of drug-likeness (QED) is 0.558. The lowest BCUT2D eigenvalue weighted by molar-refractivity contribution is -0.141. The van der Waals surface area contributed by atoms with E-state index in [1.807, 2.05) is 0 Å². The zero-order valence-corrected chi connectivity index (χ0v) is 9.48. The highest BCUT2D eigenvalue weighted by Crippen LogP contribution is 2.44. The number of rotatable bonds is 2. The number of hydrogen-bond donors (Lipinski definition) is 1. The molecule has 0 aromatic carbocycles. The van der Waals surface area contributed by atoms with Gasteiger partial charge in [-0.05, 0) is 6.08 Å². The number of hydrogen-bond acceptors (Lipinski definition) is 5. The van der Waals surface area contributed by atoms with Crippen LogP contribution in [-0.4, -0.2) is 46.8 Å². The Kier molecular flexibility index (Phi) is 2.46. The van der Waals surface area contributed by atoms with Gasteiger partial charge in [0.25, 0.3) is 5.91 Å². The third-order valence-corrected chi connectivity index (χ3v) is 3.85. The molecule has 90 valence electrons. The van der Waals surface area contributed by atoms with Crippen molar-refractivity contribution in [3.63, 3.8) is 0 Å². The number of carbonyl (C=O) groups excluding carboxylic acids is 1. The predicted octanol–water partition coefficient (Wildman–Crippen LogP) is 0.127. The fourth-order valence-electron chi connectivity index (χ4n) is 1.93. The molecule has 3 rings (SSSR count). The summed E-state index contributed by atoms with van der Waals surface area (Å²) in [5.41, 5.74) is 0.642. The lowest BCUT2D eigenvalue weighted by atomic mass is 10.0. The van der Waals surface area contributed by atoms with E-state index in [4.69, 9.17) is 14.6 Å². The van der Waals surface area contributed by atoms with E-state index in [1.165, 1.54) is 22.1 Å². The lowest BCUT2D eigenvalue weighted by Gasteiger charge is -2.37. The molecular weight excluding hydrogens is 246 g/mol. The first kappa shape index (κ1) is 10.8. The van der Waals surface area contributed by atoms with Gasteiger partial charge < -0.3 is 14.6 Å². The number of carbonyl (C=O) groups is 2. The lowest BCUT2D eigenvalue weighted by Crippen LogP contribution is -2.51. The first-order chi connectivity index (χ1) is 8.18. The first-order valence-corrected chi connectivity index (χ1v) is 5.96. The van der Waals surface area contributed by atoms with E-state index in [9.17, 15) is 9.59 Å². The second kappa shape index (κ2) is 3.86. The Hall–Kier alpha value is -1.31. The number of carboxylic acids is 1. The van der Waals surface area contributed by atoms with Crippen molar-refractivity contribution >= 4 is 23.6 Å². The van der Waals surface area contributed by atoms with Crippen LogP contribution >= 0.6 is 11.8 Å². The smallest absolute Gasteiger partial charge is 0.353 e. The minimum Gasteiger partial charge on any atom is -0.477 e. The second-order valence-electron chi connectivity index (χ2n) is 3.79. The number of carboxylic acid groups (broad SMARTS) is 1. The van der Waals surface area contributed by atoms with Crippen molar-refractivity contribution in [1.29, 1.82) is 0 Å².